The average molecular weight is 312 g/mol. The van der Waals surface area contributed by atoms with Crippen molar-refractivity contribution in [1.82, 2.24) is 29.6 Å². The zero-order valence-electron chi connectivity index (χ0n) is 12.6. The normalized spacial score (nSPS) is 11.3. The fraction of sp³-hybridized carbons (Fsp3) is 0. The second-order valence-electron chi connectivity index (χ2n) is 5.50. The van der Waals surface area contributed by atoms with E-state index in [-0.39, 0.29) is 0 Å². The molecule has 2 aromatic carbocycles. The molecule has 0 atom stereocenters. The number of tetrazole rings is 1. The van der Waals surface area contributed by atoms with Gasteiger partial charge < -0.3 is 0 Å². The van der Waals surface area contributed by atoms with Crippen LogP contribution in [0.5, 0.6) is 0 Å². The Morgan fingerprint density at radius 1 is 0.792 bits per heavy atom. The second kappa shape index (κ2) is 4.99. The van der Waals surface area contributed by atoms with E-state index < -0.39 is 0 Å². The molecule has 0 amide bonds. The maximum absolute atomic E-state index is 4.59. The highest BCUT2D eigenvalue weighted by Crippen LogP contribution is 2.31. The minimum atomic E-state index is 0.701. The van der Waals surface area contributed by atoms with E-state index in [1.807, 2.05) is 36.4 Å². The summed E-state index contributed by atoms with van der Waals surface area (Å²) in [4.78, 5) is 4.59. The summed E-state index contributed by atoms with van der Waals surface area (Å²) >= 11 is 0. The monoisotopic (exact) mass is 312 g/mol. The molecule has 0 saturated carbocycles. The number of benzene rings is 2. The number of aromatic nitrogens is 6. The zero-order chi connectivity index (χ0) is 15.9. The van der Waals surface area contributed by atoms with Crippen LogP contribution in [0.25, 0.3) is 33.6 Å². The van der Waals surface area contributed by atoms with E-state index in [4.69, 9.17) is 0 Å². The Hall–Kier alpha value is -3.54. The quantitative estimate of drug-likeness (QED) is 0.502. The number of hydrogen-bond donors (Lipinski definition) is 0. The molecule has 0 saturated heterocycles. The lowest BCUT2D eigenvalue weighted by atomic mass is 10.1. The summed E-state index contributed by atoms with van der Waals surface area (Å²) < 4.78 is 3.73. The molecule has 5 aromatic rings. The molecule has 0 aliphatic carbocycles. The van der Waals surface area contributed by atoms with Gasteiger partial charge in [-0.25, -0.2) is 4.98 Å². The predicted octanol–water partition coefficient (Wildman–Crippen LogP) is 3.13. The van der Waals surface area contributed by atoms with E-state index in [0.29, 0.717) is 5.65 Å². The van der Waals surface area contributed by atoms with Gasteiger partial charge in [0.25, 0.3) is 0 Å². The minimum absolute atomic E-state index is 0.701. The highest BCUT2D eigenvalue weighted by molar-refractivity contribution is 5.95. The average Bonchev–Trinajstić information content (AvgIpc) is 3.27. The van der Waals surface area contributed by atoms with Gasteiger partial charge in [-0.15, -0.1) is 5.10 Å². The highest BCUT2D eigenvalue weighted by Gasteiger charge is 2.16. The number of rotatable bonds is 2. The zero-order valence-corrected chi connectivity index (χ0v) is 12.6. The maximum atomic E-state index is 4.59. The third-order valence-corrected chi connectivity index (χ3v) is 4.08. The van der Waals surface area contributed by atoms with E-state index in [0.717, 1.165) is 28.0 Å². The van der Waals surface area contributed by atoms with Crippen LogP contribution in [0.2, 0.25) is 0 Å². The standard InChI is InChI=1S/C18H12N6/c1-3-7-13(8-4-1)16-11-15-17(19-12-23-18(15)20-21-22-23)24(16)14-9-5-2-6-10-14/h1-12H. The lowest BCUT2D eigenvalue weighted by Gasteiger charge is -2.10. The van der Waals surface area contributed by atoms with Crippen LogP contribution < -0.4 is 0 Å². The molecule has 0 aliphatic rings. The molecule has 6 heteroatoms. The fourth-order valence-electron chi connectivity index (χ4n) is 3.01. The molecule has 0 bridgehead atoms. The number of nitrogens with zero attached hydrogens (tertiary/aromatic N) is 6. The summed E-state index contributed by atoms with van der Waals surface area (Å²) in [6.07, 6.45) is 1.64. The molecule has 114 valence electrons. The number of para-hydroxylation sites is 1. The highest BCUT2D eigenvalue weighted by atomic mass is 15.5. The molecule has 0 fully saturated rings. The summed E-state index contributed by atoms with van der Waals surface area (Å²) in [5.74, 6) is 0. The first-order valence-electron chi connectivity index (χ1n) is 7.61. The van der Waals surface area contributed by atoms with Gasteiger partial charge in [-0.3, -0.25) is 4.57 Å². The van der Waals surface area contributed by atoms with E-state index >= 15 is 0 Å². The molecular formula is C18H12N6. The molecule has 24 heavy (non-hydrogen) atoms. The van der Waals surface area contributed by atoms with Crippen LogP contribution in [0, 0.1) is 0 Å². The van der Waals surface area contributed by atoms with Crippen LogP contribution in [-0.4, -0.2) is 29.6 Å². The predicted molar refractivity (Wildman–Crippen MR) is 90.8 cm³/mol. The van der Waals surface area contributed by atoms with Crippen LogP contribution >= 0.6 is 0 Å². The van der Waals surface area contributed by atoms with Crippen LogP contribution in [0.4, 0.5) is 0 Å². The van der Waals surface area contributed by atoms with E-state index in [1.165, 1.54) is 0 Å². The van der Waals surface area contributed by atoms with Gasteiger partial charge in [-0.05, 0) is 34.2 Å². The first-order valence-corrected chi connectivity index (χ1v) is 7.61. The smallest absolute Gasteiger partial charge is 0.192 e. The number of fused-ring (bicyclic) bond motifs is 3. The summed E-state index contributed by atoms with van der Waals surface area (Å²) in [5.41, 5.74) is 4.76. The molecular weight excluding hydrogens is 300 g/mol. The number of hydrogen-bond acceptors (Lipinski definition) is 4. The lowest BCUT2D eigenvalue weighted by molar-refractivity contribution is 0.811. The third kappa shape index (κ3) is 1.83. The van der Waals surface area contributed by atoms with Crippen molar-refractivity contribution in [2.24, 2.45) is 0 Å². The van der Waals surface area contributed by atoms with Crippen LogP contribution in [0.15, 0.2) is 73.1 Å². The van der Waals surface area contributed by atoms with Crippen molar-refractivity contribution >= 4 is 16.7 Å². The van der Waals surface area contributed by atoms with E-state index in [9.17, 15) is 0 Å². The Bertz CT molecular complexity index is 1140. The summed E-state index contributed by atoms with van der Waals surface area (Å²) in [6.45, 7) is 0. The van der Waals surface area contributed by atoms with Crippen molar-refractivity contribution in [3.8, 4) is 16.9 Å². The van der Waals surface area contributed by atoms with Crippen molar-refractivity contribution in [1.29, 1.82) is 0 Å². The van der Waals surface area contributed by atoms with Gasteiger partial charge in [-0.1, -0.05) is 48.5 Å². The Labute approximate surface area is 137 Å². The van der Waals surface area contributed by atoms with Gasteiger partial charge in [0, 0.05) is 5.69 Å². The van der Waals surface area contributed by atoms with Crippen molar-refractivity contribution in [2.45, 2.75) is 0 Å². The van der Waals surface area contributed by atoms with Crippen molar-refractivity contribution in [3.63, 3.8) is 0 Å². The fourth-order valence-corrected chi connectivity index (χ4v) is 3.01. The summed E-state index contributed by atoms with van der Waals surface area (Å²) in [6, 6.07) is 22.5. The lowest BCUT2D eigenvalue weighted by Crippen LogP contribution is -1.99. The molecule has 5 rings (SSSR count). The molecule has 0 radical (unpaired) electrons. The van der Waals surface area contributed by atoms with Gasteiger partial charge in [0.05, 0.1) is 11.1 Å². The first kappa shape index (κ1) is 13.0. The molecule has 0 aliphatic heterocycles. The SMILES string of the molecule is c1ccc(-c2cc3c(ncn4nnnc34)n2-c2ccccc2)cc1. The van der Waals surface area contributed by atoms with Gasteiger partial charge in [0.2, 0.25) is 0 Å². The molecule has 3 aromatic heterocycles. The first-order chi connectivity index (χ1) is 11.9. The molecule has 0 spiro atoms. The maximum Gasteiger partial charge on any atom is 0.192 e. The molecule has 0 N–H and O–H groups in total. The Kier molecular flexibility index (Phi) is 2.69. The van der Waals surface area contributed by atoms with E-state index in [1.54, 1.807) is 10.8 Å². The van der Waals surface area contributed by atoms with Crippen LogP contribution in [0.1, 0.15) is 0 Å². The third-order valence-electron chi connectivity index (χ3n) is 4.08. The Morgan fingerprint density at radius 3 is 2.33 bits per heavy atom. The van der Waals surface area contributed by atoms with Gasteiger partial charge >= 0.3 is 0 Å². The molecule has 0 unspecified atom stereocenters. The minimum Gasteiger partial charge on any atom is -0.294 e. The second-order valence-corrected chi connectivity index (χ2v) is 5.50. The Morgan fingerprint density at radius 2 is 1.54 bits per heavy atom. The van der Waals surface area contributed by atoms with Crippen LogP contribution in [-0.2, 0) is 0 Å². The van der Waals surface area contributed by atoms with Crippen LogP contribution in [0.3, 0.4) is 0 Å². The summed E-state index contributed by atoms with van der Waals surface area (Å²) in [5, 5.41) is 12.7. The Balaban J connectivity index is 1.93. The van der Waals surface area contributed by atoms with Crippen molar-refractivity contribution in [3.05, 3.63) is 73.1 Å². The molecule has 6 nitrogen and oxygen atoms in total. The van der Waals surface area contributed by atoms with Gasteiger partial charge in [0.1, 0.15) is 6.33 Å². The summed E-state index contributed by atoms with van der Waals surface area (Å²) in [7, 11) is 0. The van der Waals surface area contributed by atoms with Crippen molar-refractivity contribution < 1.29 is 0 Å². The topological polar surface area (TPSA) is 60.9 Å². The van der Waals surface area contributed by atoms with Gasteiger partial charge in [0.15, 0.2) is 11.3 Å². The van der Waals surface area contributed by atoms with Crippen molar-refractivity contribution in [2.75, 3.05) is 0 Å². The van der Waals surface area contributed by atoms with E-state index in [2.05, 4.69) is 55.4 Å². The molecule has 3 heterocycles. The largest absolute Gasteiger partial charge is 0.294 e. The van der Waals surface area contributed by atoms with Gasteiger partial charge in [-0.2, -0.15) is 4.52 Å².